The van der Waals surface area contributed by atoms with Gasteiger partial charge in [0.25, 0.3) is 0 Å². The topological polar surface area (TPSA) is 86.0 Å². The molecule has 1 atom stereocenters. The first-order valence-electron chi connectivity index (χ1n) is 5.00. The van der Waals surface area contributed by atoms with Crippen LogP contribution < -0.4 is 5.32 Å². The van der Waals surface area contributed by atoms with Crippen molar-refractivity contribution in [2.75, 3.05) is 5.32 Å². The summed E-state index contributed by atoms with van der Waals surface area (Å²) < 4.78 is 0. The van der Waals surface area contributed by atoms with Crippen LogP contribution in [0.25, 0.3) is 0 Å². The van der Waals surface area contributed by atoms with Crippen LogP contribution in [0.2, 0.25) is 0 Å². The molecule has 0 aliphatic carbocycles. The fourth-order valence-corrected chi connectivity index (χ4v) is 1.26. The lowest BCUT2D eigenvalue weighted by molar-refractivity contribution is -0.137. The summed E-state index contributed by atoms with van der Waals surface area (Å²) in [6, 6.07) is 5.14. The Bertz CT molecular complexity index is 395. The van der Waals surface area contributed by atoms with Gasteiger partial charge in [-0.2, -0.15) is 5.26 Å². The fourth-order valence-electron chi connectivity index (χ4n) is 1.26. The number of carbonyl (C=O) groups is 1. The zero-order chi connectivity index (χ0) is 12.0. The molecule has 1 unspecified atom stereocenters. The summed E-state index contributed by atoms with van der Waals surface area (Å²) in [6.07, 6.45) is 2.21. The van der Waals surface area contributed by atoms with Gasteiger partial charge in [-0.3, -0.25) is 4.79 Å². The molecule has 0 aliphatic heterocycles. The highest BCUT2D eigenvalue weighted by molar-refractivity contribution is 5.68. The Hall–Kier alpha value is -2.09. The Morgan fingerprint density at radius 1 is 1.69 bits per heavy atom. The molecular weight excluding hydrogens is 206 g/mol. The van der Waals surface area contributed by atoms with Gasteiger partial charge in [0.2, 0.25) is 0 Å². The summed E-state index contributed by atoms with van der Waals surface area (Å²) >= 11 is 0. The van der Waals surface area contributed by atoms with Crippen LogP contribution in [-0.4, -0.2) is 22.1 Å². The van der Waals surface area contributed by atoms with E-state index in [0.717, 1.165) is 0 Å². The van der Waals surface area contributed by atoms with Gasteiger partial charge < -0.3 is 10.4 Å². The van der Waals surface area contributed by atoms with E-state index >= 15 is 0 Å². The number of hydrogen-bond acceptors (Lipinski definition) is 4. The van der Waals surface area contributed by atoms with Gasteiger partial charge in [0.1, 0.15) is 11.9 Å². The van der Waals surface area contributed by atoms with Crippen molar-refractivity contribution in [3.8, 4) is 6.07 Å². The van der Waals surface area contributed by atoms with E-state index in [1.165, 1.54) is 6.20 Å². The van der Waals surface area contributed by atoms with Crippen LogP contribution in [-0.2, 0) is 4.79 Å². The van der Waals surface area contributed by atoms with Gasteiger partial charge in [0.15, 0.2) is 0 Å². The zero-order valence-corrected chi connectivity index (χ0v) is 8.97. The first-order chi connectivity index (χ1) is 7.65. The van der Waals surface area contributed by atoms with Crippen LogP contribution in [0.5, 0.6) is 0 Å². The van der Waals surface area contributed by atoms with Gasteiger partial charge in [-0.25, -0.2) is 4.98 Å². The molecule has 0 aromatic carbocycles. The number of nitrogens with one attached hydrogen (secondary N) is 1. The molecule has 5 heteroatoms. The maximum Gasteiger partial charge on any atom is 0.305 e. The minimum absolute atomic E-state index is 0.0538. The number of carboxylic acid groups (broad SMARTS) is 1. The molecule has 1 aromatic heterocycles. The summed E-state index contributed by atoms with van der Waals surface area (Å²) in [6.45, 7) is 1.91. The lowest BCUT2D eigenvalue weighted by Gasteiger charge is -2.15. The predicted octanol–water partition coefficient (Wildman–Crippen LogP) is 1.62. The first-order valence-corrected chi connectivity index (χ1v) is 5.00. The van der Waals surface area contributed by atoms with E-state index < -0.39 is 5.97 Å². The van der Waals surface area contributed by atoms with Gasteiger partial charge in [0, 0.05) is 12.2 Å². The van der Waals surface area contributed by atoms with Crippen LogP contribution in [0.4, 0.5) is 5.82 Å². The normalized spacial score (nSPS) is 11.5. The Kier molecular flexibility index (Phi) is 4.28. The second-order valence-electron chi connectivity index (χ2n) is 3.39. The quantitative estimate of drug-likeness (QED) is 0.785. The number of nitrogens with zero attached hydrogens (tertiary/aromatic N) is 2. The predicted molar refractivity (Wildman–Crippen MR) is 58.9 cm³/mol. The number of carboxylic acids is 1. The largest absolute Gasteiger partial charge is 0.481 e. The van der Waals surface area contributed by atoms with E-state index in [1.54, 1.807) is 12.1 Å². The van der Waals surface area contributed by atoms with Gasteiger partial charge in [0.05, 0.1) is 12.0 Å². The molecular formula is C11H13N3O2. The maximum atomic E-state index is 10.6. The molecule has 0 amide bonds. The third kappa shape index (κ3) is 3.58. The van der Waals surface area contributed by atoms with Crippen molar-refractivity contribution in [3.63, 3.8) is 0 Å². The fraction of sp³-hybridized carbons (Fsp3) is 0.364. The van der Waals surface area contributed by atoms with Crippen LogP contribution in [0.15, 0.2) is 18.3 Å². The third-order valence-electron chi connectivity index (χ3n) is 2.16. The number of aromatic nitrogens is 1. The Balaban J connectivity index is 2.63. The molecule has 2 N–H and O–H groups in total. The van der Waals surface area contributed by atoms with Crippen molar-refractivity contribution in [1.29, 1.82) is 5.26 Å². The van der Waals surface area contributed by atoms with E-state index in [0.29, 0.717) is 17.8 Å². The summed E-state index contributed by atoms with van der Waals surface area (Å²) in [4.78, 5) is 14.6. The minimum Gasteiger partial charge on any atom is -0.481 e. The molecule has 0 fully saturated rings. The number of anilines is 1. The lowest BCUT2D eigenvalue weighted by Crippen LogP contribution is -2.22. The summed E-state index contributed by atoms with van der Waals surface area (Å²) in [5, 5.41) is 20.3. The number of hydrogen-bond donors (Lipinski definition) is 2. The molecule has 0 spiro atoms. The summed E-state index contributed by atoms with van der Waals surface area (Å²) in [7, 11) is 0. The van der Waals surface area contributed by atoms with Gasteiger partial charge >= 0.3 is 5.97 Å². The van der Waals surface area contributed by atoms with Crippen molar-refractivity contribution >= 4 is 11.8 Å². The van der Waals surface area contributed by atoms with E-state index in [1.807, 2.05) is 13.0 Å². The molecule has 0 saturated carbocycles. The third-order valence-corrected chi connectivity index (χ3v) is 2.16. The monoisotopic (exact) mass is 219 g/mol. The molecule has 0 radical (unpaired) electrons. The van der Waals surface area contributed by atoms with Gasteiger partial charge in [-0.05, 0) is 18.6 Å². The molecule has 1 heterocycles. The smallest absolute Gasteiger partial charge is 0.305 e. The molecule has 84 valence electrons. The maximum absolute atomic E-state index is 10.6. The Morgan fingerprint density at radius 3 is 2.88 bits per heavy atom. The molecule has 16 heavy (non-hydrogen) atoms. The van der Waals surface area contributed by atoms with Crippen molar-refractivity contribution in [2.24, 2.45) is 0 Å². The van der Waals surface area contributed by atoms with Gasteiger partial charge in [-0.15, -0.1) is 0 Å². The average molecular weight is 219 g/mol. The minimum atomic E-state index is -0.840. The van der Waals surface area contributed by atoms with Gasteiger partial charge in [-0.1, -0.05) is 6.92 Å². The average Bonchev–Trinajstić information content (AvgIpc) is 2.28. The molecule has 5 nitrogen and oxygen atoms in total. The number of nitriles is 1. The first kappa shape index (κ1) is 12.0. The van der Waals surface area contributed by atoms with E-state index in [2.05, 4.69) is 10.3 Å². The molecule has 0 aliphatic rings. The van der Waals surface area contributed by atoms with E-state index in [-0.39, 0.29) is 12.5 Å². The summed E-state index contributed by atoms with van der Waals surface area (Å²) in [5.74, 6) is -0.250. The lowest BCUT2D eigenvalue weighted by atomic mass is 10.1. The molecule has 1 rings (SSSR count). The second-order valence-corrected chi connectivity index (χ2v) is 3.39. The van der Waals surface area contributed by atoms with Crippen LogP contribution in [0, 0.1) is 11.3 Å². The van der Waals surface area contributed by atoms with E-state index in [4.69, 9.17) is 10.4 Å². The van der Waals surface area contributed by atoms with Crippen molar-refractivity contribution in [1.82, 2.24) is 4.98 Å². The number of pyridine rings is 1. The zero-order valence-electron chi connectivity index (χ0n) is 8.97. The van der Waals surface area contributed by atoms with Crippen LogP contribution >= 0.6 is 0 Å². The standard InChI is InChI=1S/C11H13N3O2/c1-2-9(5-11(15)16)14-10-4-3-8(6-12)7-13-10/h3-4,7,9H,2,5H2,1H3,(H,13,14)(H,15,16). The second kappa shape index (κ2) is 5.71. The highest BCUT2D eigenvalue weighted by Gasteiger charge is 2.10. The SMILES string of the molecule is CCC(CC(=O)O)Nc1ccc(C#N)cn1. The summed E-state index contributed by atoms with van der Waals surface area (Å²) in [5.41, 5.74) is 0.483. The highest BCUT2D eigenvalue weighted by Crippen LogP contribution is 2.09. The molecule has 1 aromatic rings. The molecule has 0 bridgehead atoms. The van der Waals surface area contributed by atoms with Crippen molar-refractivity contribution in [2.45, 2.75) is 25.8 Å². The van der Waals surface area contributed by atoms with E-state index in [9.17, 15) is 4.79 Å². The Morgan fingerprint density at radius 2 is 2.44 bits per heavy atom. The van der Waals surface area contributed by atoms with Crippen molar-refractivity contribution < 1.29 is 9.90 Å². The number of rotatable bonds is 5. The van der Waals surface area contributed by atoms with Crippen LogP contribution in [0.3, 0.4) is 0 Å². The Labute approximate surface area is 93.7 Å². The van der Waals surface area contributed by atoms with Crippen LogP contribution in [0.1, 0.15) is 25.3 Å². The number of aliphatic carboxylic acids is 1. The van der Waals surface area contributed by atoms with Crippen molar-refractivity contribution in [3.05, 3.63) is 23.9 Å². The molecule has 0 saturated heterocycles. The highest BCUT2D eigenvalue weighted by atomic mass is 16.4.